The summed E-state index contributed by atoms with van der Waals surface area (Å²) in [6.07, 6.45) is -5.17. The maximum Gasteiger partial charge on any atom is 0.472 e. The van der Waals surface area contributed by atoms with E-state index < -0.39 is 93.2 Å². The van der Waals surface area contributed by atoms with Crippen LogP contribution >= 0.6 is 26.9 Å². The van der Waals surface area contributed by atoms with Gasteiger partial charge in [-0.15, -0.1) is 0 Å². The Labute approximate surface area is 260 Å². The third kappa shape index (κ3) is 4.75. The number of hydrogen-bond donors (Lipinski definition) is 5. The molecule has 24 heteroatoms. The van der Waals surface area contributed by atoms with Crippen molar-refractivity contribution < 1.29 is 55.8 Å². The molecule has 246 valence electrons. The summed E-state index contributed by atoms with van der Waals surface area (Å²) >= 11 is 4.09. The number of nitrogens with one attached hydrogen (secondary N) is 1. The van der Waals surface area contributed by atoms with Crippen LogP contribution in [0.3, 0.4) is 0 Å². The summed E-state index contributed by atoms with van der Waals surface area (Å²) < 4.78 is 84.5. The Bertz CT molecular complexity index is 2030. The number of aromatic nitrogens is 7. The minimum absolute atomic E-state index is 0.102. The van der Waals surface area contributed by atoms with Gasteiger partial charge in [0.25, 0.3) is 5.56 Å². The number of rotatable bonds is 2. The highest BCUT2D eigenvalue weighted by Crippen LogP contribution is 2.61. The number of aromatic amines is 1. The Kier molecular flexibility index (Phi) is 7.01. The van der Waals surface area contributed by atoms with Crippen molar-refractivity contribution >= 4 is 54.9 Å². The van der Waals surface area contributed by atoms with Gasteiger partial charge >= 0.3 is 14.6 Å². The predicted octanol–water partition coefficient (Wildman–Crippen LogP) is 0.166. The minimum atomic E-state index is -4.98. The van der Waals surface area contributed by atoms with Crippen molar-refractivity contribution in [1.82, 2.24) is 34.1 Å². The van der Waals surface area contributed by atoms with Gasteiger partial charge < -0.3 is 39.5 Å². The van der Waals surface area contributed by atoms with E-state index in [4.69, 9.17) is 38.0 Å². The molecule has 20 nitrogen and oxygen atoms in total. The van der Waals surface area contributed by atoms with Crippen LogP contribution in [-0.4, -0.2) is 100.0 Å². The van der Waals surface area contributed by atoms with E-state index >= 15 is 0 Å². The first kappa shape index (κ1) is 30.5. The molecule has 2 unspecified atom stereocenters. The fourth-order valence-corrected chi connectivity index (χ4v) is 8.56. The topological polar surface area (TPSA) is 260 Å². The number of aliphatic hydroxyl groups is 1. The highest BCUT2D eigenvalue weighted by molar-refractivity contribution is 8.44. The van der Waals surface area contributed by atoms with Gasteiger partial charge in [-0.1, -0.05) is 12.2 Å². The quantitative estimate of drug-likeness (QED) is 0.138. The fraction of sp³-hybridized carbons (Fsp3) is 0.500. The first-order valence-electron chi connectivity index (χ1n) is 13.5. The molecule has 10 atom stereocenters. The summed E-state index contributed by atoms with van der Waals surface area (Å²) in [5, 5.41) is 10.7. The van der Waals surface area contributed by atoms with Crippen molar-refractivity contribution in [3.05, 3.63) is 41.3 Å². The van der Waals surface area contributed by atoms with Gasteiger partial charge in [0.1, 0.15) is 53.4 Å². The number of imidazole rings is 1. The van der Waals surface area contributed by atoms with Crippen LogP contribution in [0.2, 0.25) is 0 Å². The van der Waals surface area contributed by atoms with Crippen LogP contribution in [0.1, 0.15) is 12.5 Å². The average molecular weight is 704 g/mol. The number of thiol groups is 1. The van der Waals surface area contributed by atoms with E-state index in [1.807, 2.05) is 0 Å². The molecule has 0 spiro atoms. The number of hydrogen-bond acceptors (Lipinski definition) is 16. The van der Waals surface area contributed by atoms with Crippen molar-refractivity contribution in [2.45, 2.75) is 48.6 Å². The molecule has 8 heterocycles. The second-order valence-corrected chi connectivity index (χ2v) is 15.2. The molecule has 8 rings (SSSR count). The smallest absolute Gasteiger partial charge is 0.387 e. The molecule has 4 aromatic heterocycles. The zero-order valence-corrected chi connectivity index (χ0v) is 25.6. The maximum atomic E-state index is 14.8. The Hall–Kier alpha value is -2.85. The molecule has 0 aromatic carbocycles. The number of halogens is 1. The fourth-order valence-electron chi connectivity index (χ4n) is 6.09. The number of nitrogen functional groups attached to an aromatic ring is 1. The number of H-pyrrole nitrogens is 1. The number of nitrogens with two attached hydrogens (primary N) is 1. The second kappa shape index (κ2) is 10.6. The number of anilines is 1. The molecule has 4 fully saturated rings. The van der Waals surface area contributed by atoms with E-state index in [9.17, 15) is 28.3 Å². The monoisotopic (exact) mass is 704 g/mol. The summed E-state index contributed by atoms with van der Waals surface area (Å²) in [6.45, 7) is -6.08. The number of fused-ring (bicyclic) bond motifs is 4. The van der Waals surface area contributed by atoms with Crippen LogP contribution in [0.5, 0.6) is 0 Å². The molecule has 0 saturated carbocycles. The van der Waals surface area contributed by atoms with Gasteiger partial charge in [-0.05, 0) is 0 Å². The lowest BCUT2D eigenvalue weighted by Gasteiger charge is -2.32. The first-order valence-corrected chi connectivity index (χ1v) is 17.7. The van der Waals surface area contributed by atoms with Crippen LogP contribution in [0.4, 0.5) is 10.2 Å². The first-order chi connectivity index (χ1) is 21.9. The Morgan fingerprint density at radius 1 is 1.09 bits per heavy atom. The number of nitrogens with zero attached hydrogens (tertiary/aromatic N) is 6. The van der Waals surface area contributed by atoms with Gasteiger partial charge in [0.15, 0.2) is 35.4 Å². The van der Waals surface area contributed by atoms with E-state index in [0.29, 0.717) is 0 Å². The maximum absolute atomic E-state index is 14.8. The van der Waals surface area contributed by atoms with Crippen LogP contribution in [0, 0.1) is 5.82 Å². The molecule has 4 saturated heterocycles. The molecule has 5 N–H and O–H groups in total. The molecule has 0 amide bonds. The molecule has 0 aliphatic carbocycles. The minimum Gasteiger partial charge on any atom is -0.387 e. The van der Waals surface area contributed by atoms with E-state index in [2.05, 4.69) is 37.2 Å². The van der Waals surface area contributed by atoms with Gasteiger partial charge in [-0.25, -0.2) is 33.5 Å². The Morgan fingerprint density at radius 2 is 1.91 bits per heavy atom. The standard InChI is InChI=1S/C22H23FN8O12P2S/c23-8-1-30(17-10(8)19(33)28-6-26-17)20-13-12(32)9(40-20)2-38-44(34,35)43-15-14-21(31-7-29-11-16(24)25-5-27-18(11)31)41-22(15,3-37-14)4-39-45(36,46)42-13/h1,5-7,9,12-15,20-21,32H,2-4H2,(H,34,35)(H,36,46)(H2,24,25,27)(H,26,28,33)/t9-,12-,13-,14-,15+,20-,21-,22-,45?/m1/s1. The normalized spacial score (nSPS) is 39.7. The summed E-state index contributed by atoms with van der Waals surface area (Å²) in [6, 6.07) is 0. The largest absolute Gasteiger partial charge is 0.472 e. The molecule has 4 aromatic rings. The van der Waals surface area contributed by atoms with Crippen molar-refractivity contribution in [3.63, 3.8) is 0 Å². The lowest BCUT2D eigenvalue weighted by Crippen LogP contribution is -2.45. The third-order valence-corrected chi connectivity index (χ3v) is 10.7. The van der Waals surface area contributed by atoms with Crippen molar-refractivity contribution in [1.29, 1.82) is 0 Å². The van der Waals surface area contributed by atoms with E-state index in [1.165, 1.54) is 17.2 Å². The third-order valence-electron chi connectivity index (χ3n) is 8.17. The summed E-state index contributed by atoms with van der Waals surface area (Å²) in [4.78, 5) is 41.6. The second-order valence-electron chi connectivity index (χ2n) is 10.9. The lowest BCUT2D eigenvalue weighted by atomic mass is 10.0. The molecular weight excluding hydrogens is 681 g/mol. The zero-order valence-electron chi connectivity index (χ0n) is 22.9. The van der Waals surface area contributed by atoms with Gasteiger partial charge in [0.05, 0.1) is 32.5 Å². The Balaban J connectivity index is 1.15. The van der Waals surface area contributed by atoms with Gasteiger partial charge in [-0.2, -0.15) is 0 Å². The van der Waals surface area contributed by atoms with Gasteiger partial charge in [0, 0.05) is 6.20 Å². The highest BCUT2D eigenvalue weighted by atomic mass is 32.7. The molecule has 0 radical (unpaired) electrons. The molecule has 4 aliphatic rings. The average Bonchev–Trinajstić information content (AvgIpc) is 3.80. The Morgan fingerprint density at radius 3 is 2.74 bits per heavy atom. The van der Waals surface area contributed by atoms with Crippen molar-refractivity contribution in [2.24, 2.45) is 0 Å². The molecule has 46 heavy (non-hydrogen) atoms. The van der Waals surface area contributed by atoms with Crippen LogP contribution in [-0.2, 0) is 41.4 Å². The molecule has 4 bridgehead atoms. The van der Waals surface area contributed by atoms with Crippen LogP contribution in [0.25, 0.3) is 22.2 Å². The van der Waals surface area contributed by atoms with Crippen LogP contribution < -0.4 is 11.3 Å². The number of phosphoric ester groups is 1. The van der Waals surface area contributed by atoms with Crippen molar-refractivity contribution in [2.75, 3.05) is 25.6 Å². The van der Waals surface area contributed by atoms with Gasteiger partial charge in [0.2, 0.25) is 0 Å². The van der Waals surface area contributed by atoms with E-state index in [1.54, 1.807) is 0 Å². The summed E-state index contributed by atoms with van der Waals surface area (Å²) in [5.74, 6) is -0.868. The van der Waals surface area contributed by atoms with E-state index in [0.717, 1.165) is 17.1 Å². The number of phosphoric acid groups is 1. The predicted molar refractivity (Wildman–Crippen MR) is 151 cm³/mol. The number of ether oxygens (including phenoxy) is 3. The molecular formula is C22H23FN8O12P2S. The zero-order chi connectivity index (χ0) is 32.2. The summed E-state index contributed by atoms with van der Waals surface area (Å²) in [5.41, 5.74) is 3.80. The van der Waals surface area contributed by atoms with E-state index in [-0.39, 0.29) is 29.2 Å². The SMILES string of the molecule is Nc1ncnc2c1ncn2[C@@H]1O[C@@]23CO[C@@H]1[C@@H]2OP(=O)(O)OC[C@H]1O[C@@H](n2cc(F)c4c(=O)[nH]cnc42)[C@H](OP(=O)(S)OC3)[C@@H]1O. The van der Waals surface area contributed by atoms with Crippen molar-refractivity contribution in [3.8, 4) is 0 Å². The number of aliphatic hydroxyl groups excluding tert-OH is 1. The summed E-state index contributed by atoms with van der Waals surface area (Å²) in [7, 11) is -4.98. The molecule has 4 aliphatic heterocycles. The lowest BCUT2D eigenvalue weighted by molar-refractivity contribution is -0.183. The van der Waals surface area contributed by atoms with Gasteiger partial charge in [-0.3, -0.25) is 27.5 Å². The highest BCUT2D eigenvalue weighted by Gasteiger charge is 2.66. The van der Waals surface area contributed by atoms with Crippen LogP contribution in [0.15, 0.2) is 30.0 Å².